The maximum absolute atomic E-state index is 13.2. The van der Waals surface area contributed by atoms with E-state index < -0.39 is 53.9 Å². The molecule has 4 nitrogen and oxygen atoms in total. The normalized spacial score (nSPS) is 13.0. The summed E-state index contributed by atoms with van der Waals surface area (Å²) in [7, 11) is 0. The molecule has 1 N–H and O–H groups in total. The predicted molar refractivity (Wildman–Crippen MR) is 64.5 cm³/mol. The number of hydrogen-bond acceptors (Lipinski definition) is 3. The van der Waals surface area contributed by atoms with Gasteiger partial charge in [0.2, 0.25) is 0 Å². The van der Waals surface area contributed by atoms with Crippen LogP contribution in [0.1, 0.15) is 20.7 Å². The first-order chi connectivity index (χ1) is 11.3. The maximum atomic E-state index is 13.2. The zero-order valence-electron chi connectivity index (χ0n) is 11.8. The van der Waals surface area contributed by atoms with Crippen molar-refractivity contribution >= 4 is 11.9 Å². The van der Waals surface area contributed by atoms with E-state index in [0.29, 0.717) is 0 Å². The van der Waals surface area contributed by atoms with Gasteiger partial charge in [-0.3, -0.25) is 0 Å². The third kappa shape index (κ3) is 3.82. The average molecular weight is 380 g/mol. The van der Waals surface area contributed by atoms with Gasteiger partial charge in [-0.1, -0.05) is 12.1 Å². The van der Waals surface area contributed by atoms with Crippen LogP contribution in [-0.4, -0.2) is 47.8 Å². The fourth-order valence-corrected chi connectivity index (χ4v) is 1.55. The van der Waals surface area contributed by atoms with Crippen molar-refractivity contribution in [2.24, 2.45) is 0 Å². The molecule has 0 spiro atoms. The van der Waals surface area contributed by atoms with Crippen LogP contribution in [0.4, 0.5) is 35.1 Å². The van der Waals surface area contributed by atoms with Gasteiger partial charge >= 0.3 is 36.1 Å². The minimum absolute atomic E-state index is 0.736. The molecule has 0 aliphatic carbocycles. The number of esters is 1. The highest BCUT2D eigenvalue weighted by molar-refractivity contribution is 6.02. The van der Waals surface area contributed by atoms with Gasteiger partial charge in [0.25, 0.3) is 0 Å². The lowest BCUT2D eigenvalue weighted by molar-refractivity contribution is -0.343. The molecular formula is C13H8F8O4. The molecule has 0 radical (unpaired) electrons. The fourth-order valence-electron chi connectivity index (χ4n) is 1.55. The van der Waals surface area contributed by atoms with E-state index in [4.69, 9.17) is 5.11 Å². The van der Waals surface area contributed by atoms with E-state index in [1.807, 2.05) is 0 Å². The van der Waals surface area contributed by atoms with E-state index in [2.05, 4.69) is 4.74 Å². The molecule has 0 fully saturated rings. The number of aromatic carboxylic acids is 1. The second-order valence-corrected chi connectivity index (χ2v) is 4.63. The van der Waals surface area contributed by atoms with Crippen molar-refractivity contribution in [3.8, 4) is 0 Å². The smallest absolute Gasteiger partial charge is 0.381 e. The van der Waals surface area contributed by atoms with Crippen molar-refractivity contribution in [3.05, 3.63) is 35.4 Å². The van der Waals surface area contributed by atoms with E-state index in [0.717, 1.165) is 24.3 Å². The minimum atomic E-state index is -6.53. The number of carboxylic acids is 1. The molecular weight excluding hydrogens is 372 g/mol. The summed E-state index contributed by atoms with van der Waals surface area (Å²) < 4.78 is 105. The number of hydrogen-bond donors (Lipinski definition) is 1. The highest BCUT2D eigenvalue weighted by atomic mass is 19.4. The molecule has 0 saturated carbocycles. The van der Waals surface area contributed by atoms with Crippen molar-refractivity contribution in [1.82, 2.24) is 0 Å². The maximum Gasteiger partial charge on any atom is 0.381 e. The molecule has 0 amide bonds. The summed E-state index contributed by atoms with van der Waals surface area (Å²) in [4.78, 5) is 22.4. The first-order valence-corrected chi connectivity index (χ1v) is 6.16. The lowest BCUT2D eigenvalue weighted by Crippen LogP contribution is -2.59. The minimum Gasteiger partial charge on any atom is -0.478 e. The van der Waals surface area contributed by atoms with Crippen LogP contribution in [0.25, 0.3) is 0 Å². The quantitative estimate of drug-likeness (QED) is 0.579. The summed E-state index contributed by atoms with van der Waals surface area (Å²) in [6.45, 7) is -2.67. The summed E-state index contributed by atoms with van der Waals surface area (Å²) in [6.07, 6.45) is -5.10. The molecule has 0 aliphatic rings. The van der Waals surface area contributed by atoms with Crippen LogP contribution in [0.5, 0.6) is 0 Å². The molecule has 0 heterocycles. The number of carbonyl (C=O) groups excluding carboxylic acids is 1. The summed E-state index contributed by atoms with van der Waals surface area (Å²) >= 11 is 0. The van der Waals surface area contributed by atoms with Gasteiger partial charge in [0.15, 0.2) is 6.61 Å². The predicted octanol–water partition coefficient (Wildman–Crippen LogP) is 3.71. The van der Waals surface area contributed by atoms with Gasteiger partial charge in [0.1, 0.15) is 0 Å². The van der Waals surface area contributed by atoms with Gasteiger partial charge < -0.3 is 9.84 Å². The van der Waals surface area contributed by atoms with Crippen LogP contribution in [0, 0.1) is 0 Å². The second-order valence-electron chi connectivity index (χ2n) is 4.63. The average Bonchev–Trinajstić information content (AvgIpc) is 2.52. The van der Waals surface area contributed by atoms with Gasteiger partial charge in [0, 0.05) is 0 Å². The second kappa shape index (κ2) is 6.84. The lowest BCUT2D eigenvalue weighted by atomic mass is 10.1. The summed E-state index contributed by atoms with van der Waals surface area (Å²) in [5, 5.41) is 8.78. The molecule has 1 aromatic rings. The highest BCUT2D eigenvalue weighted by Gasteiger charge is 2.75. The largest absolute Gasteiger partial charge is 0.478 e. The highest BCUT2D eigenvalue weighted by Crippen LogP contribution is 2.48. The van der Waals surface area contributed by atoms with Crippen LogP contribution in [-0.2, 0) is 4.74 Å². The molecule has 0 aliphatic heterocycles. The molecule has 0 saturated heterocycles. The van der Waals surface area contributed by atoms with Crippen LogP contribution in [0.15, 0.2) is 24.3 Å². The number of halogens is 8. The standard InChI is InChI=1S/C13H8F8O4/c14-10(15)12(18,19)13(20,21)11(16,17)5-25-9(24)7-4-2-1-3-6(7)8(22)23/h1-4,10H,5H2,(H,22,23). The lowest BCUT2D eigenvalue weighted by Gasteiger charge is -2.31. The number of benzene rings is 1. The van der Waals surface area contributed by atoms with Gasteiger partial charge in [-0.15, -0.1) is 0 Å². The Kier molecular flexibility index (Phi) is 5.65. The first kappa shape index (κ1) is 20.6. The van der Waals surface area contributed by atoms with Crippen LogP contribution in [0.2, 0.25) is 0 Å². The molecule has 1 rings (SSSR count). The number of alkyl halides is 8. The molecule has 25 heavy (non-hydrogen) atoms. The van der Waals surface area contributed by atoms with E-state index in [1.165, 1.54) is 0 Å². The van der Waals surface area contributed by atoms with Crippen LogP contribution in [0.3, 0.4) is 0 Å². The van der Waals surface area contributed by atoms with Gasteiger partial charge in [-0.25, -0.2) is 18.4 Å². The van der Waals surface area contributed by atoms with Crippen molar-refractivity contribution in [1.29, 1.82) is 0 Å². The first-order valence-electron chi connectivity index (χ1n) is 6.16. The molecule has 0 atom stereocenters. The molecule has 0 aromatic heterocycles. The molecule has 140 valence electrons. The Morgan fingerprint density at radius 1 is 1.00 bits per heavy atom. The van der Waals surface area contributed by atoms with Gasteiger partial charge in [-0.05, 0) is 12.1 Å². The van der Waals surface area contributed by atoms with Crippen molar-refractivity contribution in [2.45, 2.75) is 24.2 Å². The van der Waals surface area contributed by atoms with Crippen molar-refractivity contribution in [2.75, 3.05) is 6.61 Å². The third-order valence-electron chi connectivity index (χ3n) is 2.91. The van der Waals surface area contributed by atoms with E-state index in [-0.39, 0.29) is 0 Å². The topological polar surface area (TPSA) is 63.6 Å². The van der Waals surface area contributed by atoms with Gasteiger partial charge in [-0.2, -0.15) is 26.3 Å². The third-order valence-corrected chi connectivity index (χ3v) is 2.91. The molecule has 0 unspecified atom stereocenters. The molecule has 1 aromatic carbocycles. The Morgan fingerprint density at radius 2 is 1.48 bits per heavy atom. The van der Waals surface area contributed by atoms with E-state index >= 15 is 0 Å². The fraction of sp³-hybridized carbons (Fsp3) is 0.385. The number of ether oxygens (including phenoxy) is 1. The van der Waals surface area contributed by atoms with Crippen LogP contribution < -0.4 is 0 Å². The Morgan fingerprint density at radius 3 is 1.92 bits per heavy atom. The van der Waals surface area contributed by atoms with E-state index in [1.54, 1.807) is 0 Å². The zero-order chi connectivity index (χ0) is 19.6. The zero-order valence-corrected chi connectivity index (χ0v) is 11.8. The van der Waals surface area contributed by atoms with E-state index in [9.17, 15) is 44.7 Å². The van der Waals surface area contributed by atoms with Crippen LogP contribution >= 0.6 is 0 Å². The number of rotatable bonds is 7. The van der Waals surface area contributed by atoms with Crippen molar-refractivity contribution in [3.63, 3.8) is 0 Å². The summed E-state index contributed by atoms with van der Waals surface area (Å²) in [5.74, 6) is -22.3. The number of carboxylic acid groups (broad SMARTS) is 1. The van der Waals surface area contributed by atoms with Crippen molar-refractivity contribution < 1.29 is 54.6 Å². The molecule has 12 heteroatoms. The Bertz CT molecular complexity index is 659. The SMILES string of the molecule is O=C(O)c1ccccc1C(=O)OCC(F)(F)C(F)(F)C(F)(F)C(F)F. The summed E-state index contributed by atoms with van der Waals surface area (Å²) in [6, 6.07) is 3.87. The Labute approximate surface area is 134 Å². The Balaban J connectivity index is 3.00. The van der Waals surface area contributed by atoms with Gasteiger partial charge in [0.05, 0.1) is 11.1 Å². The summed E-state index contributed by atoms with van der Waals surface area (Å²) in [5.41, 5.74) is -1.56. The number of carbonyl (C=O) groups is 2. The molecule has 0 bridgehead atoms. The Hall–Kier alpha value is -2.40. The monoisotopic (exact) mass is 380 g/mol.